The summed E-state index contributed by atoms with van der Waals surface area (Å²) in [7, 11) is 0. The maximum atomic E-state index is 13.8. The summed E-state index contributed by atoms with van der Waals surface area (Å²) in [6.45, 7) is 3.69. The van der Waals surface area contributed by atoms with Gasteiger partial charge in [0, 0.05) is 11.6 Å². The van der Waals surface area contributed by atoms with Gasteiger partial charge in [0.25, 0.3) is 0 Å². The van der Waals surface area contributed by atoms with Crippen molar-refractivity contribution < 1.29 is 13.9 Å². The van der Waals surface area contributed by atoms with E-state index < -0.39 is 11.8 Å². The van der Waals surface area contributed by atoms with Crippen molar-refractivity contribution in [3.05, 3.63) is 35.3 Å². The number of hydrazine groups is 1. The summed E-state index contributed by atoms with van der Waals surface area (Å²) in [6.07, 6.45) is 1.26. The van der Waals surface area contributed by atoms with Crippen LogP contribution in [0.15, 0.2) is 18.3 Å². The molecule has 0 atom stereocenters. The van der Waals surface area contributed by atoms with E-state index >= 15 is 0 Å². The first kappa shape index (κ1) is 13.2. The van der Waals surface area contributed by atoms with Crippen LogP contribution in [-0.2, 0) is 4.74 Å². The van der Waals surface area contributed by atoms with E-state index in [0.717, 1.165) is 0 Å². The second-order valence-corrected chi connectivity index (χ2v) is 4.05. The Morgan fingerprint density at radius 2 is 2.26 bits per heavy atom. The molecule has 0 unspecified atom stereocenters. The third kappa shape index (κ3) is 2.34. The molecule has 2 rings (SSSR count). The summed E-state index contributed by atoms with van der Waals surface area (Å²) in [5.74, 6) is 4.44. The molecule has 100 valence electrons. The number of nitrogens with zero attached hydrogens (tertiary/aromatic N) is 1. The van der Waals surface area contributed by atoms with Crippen molar-refractivity contribution in [1.29, 1.82) is 0 Å². The van der Waals surface area contributed by atoms with Crippen molar-refractivity contribution in [2.75, 3.05) is 12.0 Å². The van der Waals surface area contributed by atoms with Gasteiger partial charge in [-0.15, -0.1) is 0 Å². The molecular weight excluding hydrogens is 249 g/mol. The van der Waals surface area contributed by atoms with Crippen LogP contribution in [0, 0.1) is 12.7 Å². The Morgan fingerprint density at radius 3 is 2.89 bits per heavy atom. The number of nitrogen functional groups attached to an aromatic ring is 1. The lowest BCUT2D eigenvalue weighted by molar-refractivity contribution is 0.0527. The number of nitrogens with two attached hydrogens (primary N) is 1. The number of hydrogen-bond donors (Lipinski definition) is 2. The highest BCUT2D eigenvalue weighted by Gasteiger charge is 2.17. The maximum absolute atomic E-state index is 13.8. The number of pyridine rings is 1. The molecule has 0 radical (unpaired) electrons. The van der Waals surface area contributed by atoms with Crippen molar-refractivity contribution in [3.8, 4) is 0 Å². The number of halogens is 1. The first-order chi connectivity index (χ1) is 9.08. The minimum absolute atomic E-state index is 0.159. The van der Waals surface area contributed by atoms with Crippen LogP contribution in [0.1, 0.15) is 22.8 Å². The molecule has 19 heavy (non-hydrogen) atoms. The third-order valence-electron chi connectivity index (χ3n) is 2.71. The molecule has 0 aliphatic rings. The Morgan fingerprint density at radius 1 is 1.53 bits per heavy atom. The van der Waals surface area contributed by atoms with E-state index in [1.807, 2.05) is 0 Å². The number of rotatable bonds is 3. The van der Waals surface area contributed by atoms with Crippen LogP contribution in [0.4, 0.5) is 10.1 Å². The summed E-state index contributed by atoms with van der Waals surface area (Å²) < 4.78 is 18.7. The van der Waals surface area contributed by atoms with Gasteiger partial charge in [-0.3, -0.25) is 10.8 Å². The van der Waals surface area contributed by atoms with Gasteiger partial charge in [0.15, 0.2) is 0 Å². The van der Waals surface area contributed by atoms with Crippen LogP contribution < -0.4 is 11.3 Å². The van der Waals surface area contributed by atoms with Crippen molar-refractivity contribution in [2.45, 2.75) is 13.8 Å². The van der Waals surface area contributed by atoms with Gasteiger partial charge in [0.1, 0.15) is 16.9 Å². The Kier molecular flexibility index (Phi) is 3.62. The Labute approximate surface area is 109 Å². The standard InChI is InChI=1S/C13H14FN3O2/c1-3-19-13(18)9-6-16-12-8(11(9)17-15)4-7(2)5-10(12)14/h4-6H,3,15H2,1-2H3,(H,16,17). The molecule has 1 aromatic heterocycles. The fourth-order valence-electron chi connectivity index (χ4n) is 1.91. The summed E-state index contributed by atoms with van der Waals surface area (Å²) in [4.78, 5) is 15.7. The van der Waals surface area contributed by atoms with Crippen molar-refractivity contribution in [3.63, 3.8) is 0 Å². The van der Waals surface area contributed by atoms with Crippen molar-refractivity contribution in [1.82, 2.24) is 4.98 Å². The molecule has 0 saturated carbocycles. The Hall–Kier alpha value is -2.21. The van der Waals surface area contributed by atoms with Crippen LogP contribution in [0.5, 0.6) is 0 Å². The second-order valence-electron chi connectivity index (χ2n) is 4.05. The van der Waals surface area contributed by atoms with E-state index in [4.69, 9.17) is 10.6 Å². The normalized spacial score (nSPS) is 10.5. The Bertz CT molecular complexity index is 643. The van der Waals surface area contributed by atoms with Crippen LogP contribution >= 0.6 is 0 Å². The molecule has 0 bridgehead atoms. The zero-order valence-electron chi connectivity index (χ0n) is 10.7. The van der Waals surface area contributed by atoms with E-state index in [0.29, 0.717) is 16.6 Å². The number of esters is 1. The first-order valence-corrected chi connectivity index (χ1v) is 5.81. The molecule has 0 saturated heterocycles. The lowest BCUT2D eigenvalue weighted by atomic mass is 10.1. The fourth-order valence-corrected chi connectivity index (χ4v) is 1.91. The van der Waals surface area contributed by atoms with Gasteiger partial charge >= 0.3 is 5.97 Å². The highest BCUT2D eigenvalue weighted by molar-refractivity contribution is 6.05. The van der Waals surface area contributed by atoms with E-state index in [2.05, 4.69) is 10.4 Å². The van der Waals surface area contributed by atoms with Crippen molar-refractivity contribution in [2.24, 2.45) is 5.84 Å². The topological polar surface area (TPSA) is 77.2 Å². The van der Waals surface area contributed by atoms with Gasteiger partial charge in [0.05, 0.1) is 12.3 Å². The number of hydrogen-bond acceptors (Lipinski definition) is 5. The van der Waals surface area contributed by atoms with Crippen LogP contribution in [0.3, 0.4) is 0 Å². The molecule has 3 N–H and O–H groups in total. The lowest BCUT2D eigenvalue weighted by Gasteiger charge is -2.11. The van der Waals surface area contributed by atoms with Gasteiger partial charge in [-0.1, -0.05) is 0 Å². The zero-order chi connectivity index (χ0) is 14.0. The average molecular weight is 263 g/mol. The molecular formula is C13H14FN3O2. The number of aryl methyl sites for hydroxylation is 1. The summed E-state index contributed by atoms with van der Waals surface area (Å²) >= 11 is 0. The maximum Gasteiger partial charge on any atom is 0.341 e. The SMILES string of the molecule is CCOC(=O)c1cnc2c(F)cc(C)cc2c1NN. The number of nitrogens with one attached hydrogen (secondary N) is 1. The highest BCUT2D eigenvalue weighted by Crippen LogP contribution is 2.28. The summed E-state index contributed by atoms with van der Waals surface area (Å²) in [5, 5.41) is 0.450. The van der Waals surface area contributed by atoms with Gasteiger partial charge in [-0.2, -0.15) is 0 Å². The molecule has 6 heteroatoms. The quantitative estimate of drug-likeness (QED) is 0.504. The molecule has 0 amide bonds. The molecule has 1 heterocycles. The molecule has 0 aliphatic carbocycles. The fraction of sp³-hybridized carbons (Fsp3) is 0.231. The number of benzene rings is 1. The molecule has 5 nitrogen and oxygen atoms in total. The number of ether oxygens (including phenoxy) is 1. The average Bonchev–Trinajstić information content (AvgIpc) is 2.37. The van der Waals surface area contributed by atoms with E-state index in [9.17, 15) is 9.18 Å². The minimum atomic E-state index is -0.549. The highest BCUT2D eigenvalue weighted by atomic mass is 19.1. The minimum Gasteiger partial charge on any atom is -0.462 e. The summed E-state index contributed by atoms with van der Waals surface area (Å²) in [6, 6.07) is 3.09. The van der Waals surface area contributed by atoms with E-state index in [1.165, 1.54) is 12.3 Å². The predicted molar refractivity (Wildman–Crippen MR) is 70.2 cm³/mol. The first-order valence-electron chi connectivity index (χ1n) is 5.81. The predicted octanol–water partition coefficient (Wildman–Crippen LogP) is 2.14. The Balaban J connectivity index is 2.72. The number of anilines is 1. The van der Waals surface area contributed by atoms with Crippen LogP contribution in [0.2, 0.25) is 0 Å². The molecule has 0 aliphatic heterocycles. The van der Waals surface area contributed by atoms with E-state index in [-0.39, 0.29) is 17.7 Å². The number of fused-ring (bicyclic) bond motifs is 1. The monoisotopic (exact) mass is 263 g/mol. The van der Waals surface area contributed by atoms with Gasteiger partial charge < -0.3 is 10.2 Å². The van der Waals surface area contributed by atoms with Gasteiger partial charge in [0.2, 0.25) is 0 Å². The second kappa shape index (κ2) is 5.19. The third-order valence-corrected chi connectivity index (χ3v) is 2.71. The number of carbonyl (C=O) groups is 1. The molecule has 2 aromatic rings. The molecule has 0 spiro atoms. The number of carbonyl (C=O) groups excluding carboxylic acids is 1. The van der Waals surface area contributed by atoms with Crippen molar-refractivity contribution >= 4 is 22.6 Å². The largest absolute Gasteiger partial charge is 0.462 e. The van der Waals surface area contributed by atoms with E-state index in [1.54, 1.807) is 19.9 Å². The van der Waals surface area contributed by atoms with Gasteiger partial charge in [-0.05, 0) is 31.5 Å². The molecule has 1 aromatic carbocycles. The van der Waals surface area contributed by atoms with Crippen LogP contribution in [0.25, 0.3) is 10.9 Å². The molecule has 0 fully saturated rings. The van der Waals surface area contributed by atoms with Gasteiger partial charge in [-0.25, -0.2) is 9.18 Å². The summed E-state index contributed by atoms with van der Waals surface area (Å²) in [5.41, 5.74) is 3.79. The smallest absolute Gasteiger partial charge is 0.341 e. The number of aromatic nitrogens is 1. The zero-order valence-corrected chi connectivity index (χ0v) is 10.7. The van der Waals surface area contributed by atoms with Crippen LogP contribution in [-0.4, -0.2) is 17.6 Å². The lowest BCUT2D eigenvalue weighted by Crippen LogP contribution is -2.15.